The maximum Gasteiger partial charge on any atom is 0.490 e. The second-order valence-corrected chi connectivity index (χ2v) is 3.04. The summed E-state index contributed by atoms with van der Waals surface area (Å²) in [5.74, 6) is -3.14. The molecular formula is C10H11F3N2O4. The van der Waals surface area contributed by atoms with Crippen LogP contribution in [0.2, 0.25) is 0 Å². The monoisotopic (exact) mass is 280 g/mol. The van der Waals surface area contributed by atoms with Gasteiger partial charge in [0.15, 0.2) is 0 Å². The second kappa shape index (κ2) is 7.31. The Kier molecular flexibility index (Phi) is 6.48. The molecule has 0 unspecified atom stereocenters. The lowest BCUT2D eigenvalue weighted by Crippen LogP contribution is -2.21. The number of rotatable bonds is 2. The fourth-order valence-electron chi connectivity index (χ4n) is 0.784. The van der Waals surface area contributed by atoms with Crippen LogP contribution in [0, 0.1) is 0 Å². The molecule has 0 saturated carbocycles. The number of nitrogens with two attached hydrogens (primary N) is 1. The summed E-state index contributed by atoms with van der Waals surface area (Å²) in [5.41, 5.74) is 6.52. The number of hydrogen-bond acceptors (Lipinski definition) is 5. The number of aliphatic carboxylic acids is 1. The molecule has 0 amide bonds. The number of esters is 1. The van der Waals surface area contributed by atoms with Crippen molar-refractivity contribution in [3.05, 3.63) is 29.6 Å². The summed E-state index contributed by atoms with van der Waals surface area (Å²) < 4.78 is 36.2. The number of ether oxygens (including phenoxy) is 1. The topological polar surface area (TPSA) is 103 Å². The van der Waals surface area contributed by atoms with E-state index in [-0.39, 0.29) is 5.97 Å². The van der Waals surface area contributed by atoms with E-state index >= 15 is 0 Å². The molecule has 0 aromatic carbocycles. The van der Waals surface area contributed by atoms with Gasteiger partial charge in [-0.15, -0.1) is 0 Å². The Balaban J connectivity index is 0.000000399. The third-order valence-corrected chi connectivity index (χ3v) is 1.70. The van der Waals surface area contributed by atoms with Crippen molar-refractivity contribution in [3.63, 3.8) is 0 Å². The molecule has 9 heteroatoms. The Bertz CT molecular complexity index is 431. The quantitative estimate of drug-likeness (QED) is 0.782. The van der Waals surface area contributed by atoms with Gasteiger partial charge in [0.2, 0.25) is 0 Å². The van der Waals surface area contributed by atoms with Crippen molar-refractivity contribution in [1.29, 1.82) is 0 Å². The number of hydrogen-bond donors (Lipinski definition) is 2. The SMILES string of the molecule is COC(=O)c1ccc(CN)nc1.O=C(O)C(F)(F)F. The molecule has 1 rings (SSSR count). The van der Waals surface area contributed by atoms with E-state index in [9.17, 15) is 18.0 Å². The smallest absolute Gasteiger partial charge is 0.475 e. The van der Waals surface area contributed by atoms with Crippen LogP contribution in [0.25, 0.3) is 0 Å². The molecule has 1 heterocycles. The first-order valence-electron chi connectivity index (χ1n) is 4.75. The van der Waals surface area contributed by atoms with Gasteiger partial charge in [-0.2, -0.15) is 13.2 Å². The number of nitrogens with zero attached hydrogens (tertiary/aromatic N) is 1. The lowest BCUT2D eigenvalue weighted by molar-refractivity contribution is -0.192. The van der Waals surface area contributed by atoms with Crippen molar-refractivity contribution in [2.75, 3.05) is 7.11 Å². The number of carbonyl (C=O) groups excluding carboxylic acids is 1. The van der Waals surface area contributed by atoms with Gasteiger partial charge in [-0.3, -0.25) is 4.98 Å². The van der Waals surface area contributed by atoms with E-state index in [2.05, 4.69) is 9.72 Å². The lowest BCUT2D eigenvalue weighted by atomic mass is 10.2. The van der Waals surface area contributed by atoms with E-state index in [4.69, 9.17) is 15.6 Å². The van der Waals surface area contributed by atoms with Gasteiger partial charge in [0.05, 0.1) is 18.4 Å². The lowest BCUT2D eigenvalue weighted by Gasteiger charge is -1.98. The summed E-state index contributed by atoms with van der Waals surface area (Å²) in [4.78, 5) is 23.8. The van der Waals surface area contributed by atoms with Crippen LogP contribution < -0.4 is 5.73 Å². The number of alkyl halides is 3. The van der Waals surface area contributed by atoms with Gasteiger partial charge < -0.3 is 15.6 Å². The number of pyridine rings is 1. The molecule has 0 spiro atoms. The average Bonchev–Trinajstić information content (AvgIpc) is 2.37. The Morgan fingerprint density at radius 2 is 1.95 bits per heavy atom. The molecular weight excluding hydrogens is 269 g/mol. The van der Waals surface area contributed by atoms with Crippen molar-refractivity contribution in [1.82, 2.24) is 4.98 Å². The molecule has 0 fully saturated rings. The first-order valence-corrected chi connectivity index (χ1v) is 4.75. The zero-order valence-electron chi connectivity index (χ0n) is 9.77. The summed E-state index contributed by atoms with van der Waals surface area (Å²) in [7, 11) is 1.33. The molecule has 3 N–H and O–H groups in total. The zero-order valence-corrected chi connectivity index (χ0v) is 9.77. The Morgan fingerprint density at radius 3 is 2.21 bits per heavy atom. The number of carbonyl (C=O) groups is 2. The molecule has 0 aliphatic rings. The molecule has 0 atom stereocenters. The number of carboxylic acid groups (broad SMARTS) is 1. The third kappa shape index (κ3) is 6.36. The maximum atomic E-state index is 10.9. The zero-order chi connectivity index (χ0) is 15.1. The summed E-state index contributed by atoms with van der Waals surface area (Å²) in [6, 6.07) is 3.34. The van der Waals surface area contributed by atoms with E-state index in [1.54, 1.807) is 12.1 Å². The minimum atomic E-state index is -5.08. The van der Waals surface area contributed by atoms with Crippen LogP contribution in [0.15, 0.2) is 18.3 Å². The highest BCUT2D eigenvalue weighted by Crippen LogP contribution is 2.13. The van der Waals surface area contributed by atoms with Gasteiger partial charge in [-0.1, -0.05) is 0 Å². The van der Waals surface area contributed by atoms with Crippen LogP contribution in [-0.2, 0) is 16.1 Å². The van der Waals surface area contributed by atoms with Crippen LogP contribution in [0.5, 0.6) is 0 Å². The van der Waals surface area contributed by atoms with Crippen molar-refractivity contribution in [2.45, 2.75) is 12.7 Å². The Labute approximate surface area is 106 Å². The number of aromatic nitrogens is 1. The van der Waals surface area contributed by atoms with Crippen LogP contribution in [-0.4, -0.2) is 35.3 Å². The highest BCUT2D eigenvalue weighted by atomic mass is 19.4. The minimum absolute atomic E-state index is 0.376. The number of carboxylic acids is 1. The van der Waals surface area contributed by atoms with E-state index < -0.39 is 12.1 Å². The molecule has 0 saturated heterocycles. The molecule has 1 aromatic heterocycles. The average molecular weight is 280 g/mol. The van der Waals surface area contributed by atoms with Crippen molar-refractivity contribution < 1.29 is 32.6 Å². The number of methoxy groups -OCH3 is 1. The molecule has 0 radical (unpaired) electrons. The van der Waals surface area contributed by atoms with Crippen LogP contribution >= 0.6 is 0 Å². The van der Waals surface area contributed by atoms with E-state index in [0.29, 0.717) is 12.1 Å². The first kappa shape index (κ1) is 16.8. The van der Waals surface area contributed by atoms with Gasteiger partial charge >= 0.3 is 18.1 Å². The molecule has 0 aliphatic carbocycles. The van der Waals surface area contributed by atoms with Gasteiger partial charge in [0.25, 0.3) is 0 Å². The third-order valence-electron chi connectivity index (χ3n) is 1.70. The first-order chi connectivity index (χ1) is 8.72. The highest BCUT2D eigenvalue weighted by molar-refractivity contribution is 5.88. The Morgan fingerprint density at radius 1 is 1.42 bits per heavy atom. The largest absolute Gasteiger partial charge is 0.490 e. The summed E-state index contributed by atoms with van der Waals surface area (Å²) in [6.45, 7) is 0.376. The molecule has 0 aliphatic heterocycles. The van der Waals surface area contributed by atoms with Crippen molar-refractivity contribution >= 4 is 11.9 Å². The van der Waals surface area contributed by atoms with E-state index in [0.717, 1.165) is 5.69 Å². The molecule has 6 nitrogen and oxygen atoms in total. The summed E-state index contributed by atoms with van der Waals surface area (Å²) in [6.07, 6.45) is -3.63. The van der Waals surface area contributed by atoms with Crippen molar-refractivity contribution in [3.8, 4) is 0 Å². The van der Waals surface area contributed by atoms with Gasteiger partial charge in [-0.25, -0.2) is 9.59 Å². The molecule has 19 heavy (non-hydrogen) atoms. The fourth-order valence-corrected chi connectivity index (χ4v) is 0.784. The fraction of sp³-hybridized carbons (Fsp3) is 0.300. The van der Waals surface area contributed by atoms with Crippen molar-refractivity contribution in [2.24, 2.45) is 5.73 Å². The van der Waals surface area contributed by atoms with Gasteiger partial charge in [-0.05, 0) is 12.1 Å². The normalized spacial score (nSPS) is 10.2. The molecule has 1 aromatic rings. The predicted molar refractivity (Wildman–Crippen MR) is 57.2 cm³/mol. The summed E-state index contributed by atoms with van der Waals surface area (Å²) in [5, 5.41) is 7.12. The second-order valence-electron chi connectivity index (χ2n) is 3.04. The standard InChI is InChI=1S/C8H10N2O2.C2HF3O2/c1-12-8(11)6-2-3-7(4-9)10-5-6;3-2(4,5)1(6)7/h2-3,5H,4,9H2,1H3;(H,6,7). The molecule has 0 bridgehead atoms. The highest BCUT2D eigenvalue weighted by Gasteiger charge is 2.38. The summed E-state index contributed by atoms with van der Waals surface area (Å²) >= 11 is 0. The van der Waals surface area contributed by atoms with Crippen LogP contribution in [0.3, 0.4) is 0 Å². The van der Waals surface area contributed by atoms with E-state index in [1.807, 2.05) is 0 Å². The maximum absolute atomic E-state index is 10.9. The van der Waals surface area contributed by atoms with Gasteiger partial charge in [0, 0.05) is 12.7 Å². The van der Waals surface area contributed by atoms with Gasteiger partial charge in [0.1, 0.15) is 0 Å². The predicted octanol–water partition coefficient (Wildman–Crippen LogP) is 0.960. The Hall–Kier alpha value is -2.16. The van der Waals surface area contributed by atoms with E-state index in [1.165, 1.54) is 13.3 Å². The van der Waals surface area contributed by atoms with Crippen LogP contribution in [0.1, 0.15) is 16.1 Å². The van der Waals surface area contributed by atoms with Crippen LogP contribution in [0.4, 0.5) is 13.2 Å². The molecule has 106 valence electrons. The number of halogens is 3. The minimum Gasteiger partial charge on any atom is -0.475 e.